The molecule has 2 saturated carbocycles. The van der Waals surface area contributed by atoms with Crippen molar-refractivity contribution in [2.75, 3.05) is 18.0 Å². The monoisotopic (exact) mass is 417 g/mol. The molecule has 1 aromatic carbocycles. The van der Waals surface area contributed by atoms with Crippen molar-refractivity contribution in [3.05, 3.63) is 39.7 Å². The Morgan fingerprint density at radius 2 is 1.90 bits per heavy atom. The zero-order valence-electron chi connectivity index (χ0n) is 16.7. The normalized spacial score (nSPS) is 23.4. The number of fused-ring (bicyclic) bond motifs is 1. The molecule has 1 saturated heterocycles. The van der Waals surface area contributed by atoms with Crippen LogP contribution in [0.15, 0.2) is 17.1 Å². The predicted octanol–water partition coefficient (Wildman–Crippen LogP) is 3.41. The summed E-state index contributed by atoms with van der Waals surface area (Å²) in [5, 5.41) is 9.14. The standard InChI is InChI=1S/C22H25F2N3O3/c23-15-8-13-18(27(12-4-5-12)9-14(20(13)28)21(29)30)17(24)19(15)26-10-16(25)22(11-26)6-2-1-3-7-22/h8-9,12,16H,1-7,10-11,25H2,(H,29,30). The van der Waals surface area contributed by atoms with Crippen molar-refractivity contribution in [1.29, 1.82) is 0 Å². The summed E-state index contributed by atoms with van der Waals surface area (Å²) in [4.78, 5) is 25.8. The van der Waals surface area contributed by atoms with Crippen LogP contribution in [-0.2, 0) is 0 Å². The third-order valence-corrected chi connectivity index (χ3v) is 7.23. The molecule has 160 valence electrons. The molecule has 1 unspecified atom stereocenters. The van der Waals surface area contributed by atoms with Crippen LogP contribution in [0.25, 0.3) is 10.9 Å². The van der Waals surface area contributed by atoms with Gasteiger partial charge in [0.05, 0.1) is 10.9 Å². The number of halogens is 2. The molecule has 8 heteroatoms. The Labute approximate surface area is 172 Å². The zero-order valence-corrected chi connectivity index (χ0v) is 16.7. The summed E-state index contributed by atoms with van der Waals surface area (Å²) >= 11 is 0. The fourth-order valence-corrected chi connectivity index (χ4v) is 5.46. The SMILES string of the molecule is NC1CN(c2c(F)cc3c(=O)c(C(=O)O)cn(C4CC4)c3c2F)CC12CCCCC2. The number of hydrogen-bond donors (Lipinski definition) is 2. The third kappa shape index (κ3) is 2.84. The van der Waals surface area contributed by atoms with Gasteiger partial charge >= 0.3 is 5.97 Å². The fraction of sp³-hybridized carbons (Fsp3) is 0.545. The number of carboxylic acid groups (broad SMARTS) is 1. The molecular weight excluding hydrogens is 392 g/mol. The number of anilines is 1. The summed E-state index contributed by atoms with van der Waals surface area (Å²) in [6, 6.07) is 0.760. The lowest BCUT2D eigenvalue weighted by atomic mass is 9.71. The highest BCUT2D eigenvalue weighted by molar-refractivity contribution is 5.94. The number of benzene rings is 1. The molecule has 2 aliphatic carbocycles. The van der Waals surface area contributed by atoms with E-state index in [1.165, 1.54) is 10.8 Å². The lowest BCUT2D eigenvalue weighted by Crippen LogP contribution is -2.41. The number of carbonyl (C=O) groups is 1. The van der Waals surface area contributed by atoms with E-state index in [-0.39, 0.29) is 34.1 Å². The maximum absolute atomic E-state index is 15.8. The highest BCUT2D eigenvalue weighted by Crippen LogP contribution is 2.46. The van der Waals surface area contributed by atoms with Crippen LogP contribution < -0.4 is 16.1 Å². The van der Waals surface area contributed by atoms with E-state index in [0.29, 0.717) is 13.1 Å². The molecular formula is C22H25F2N3O3. The number of pyridine rings is 1. The summed E-state index contributed by atoms with van der Waals surface area (Å²) in [7, 11) is 0. The van der Waals surface area contributed by atoms with Crippen molar-refractivity contribution in [2.45, 2.75) is 57.0 Å². The Morgan fingerprint density at radius 3 is 2.53 bits per heavy atom. The van der Waals surface area contributed by atoms with E-state index in [0.717, 1.165) is 51.0 Å². The van der Waals surface area contributed by atoms with E-state index in [1.807, 2.05) is 0 Å². The van der Waals surface area contributed by atoms with Crippen LogP contribution in [0, 0.1) is 17.0 Å². The summed E-state index contributed by atoms with van der Waals surface area (Å²) in [6.07, 6.45) is 7.95. The molecule has 1 spiro atoms. The van der Waals surface area contributed by atoms with Gasteiger partial charge in [-0.25, -0.2) is 13.6 Å². The van der Waals surface area contributed by atoms with E-state index in [2.05, 4.69) is 0 Å². The highest BCUT2D eigenvalue weighted by Gasteiger charge is 2.46. The van der Waals surface area contributed by atoms with E-state index in [1.54, 1.807) is 4.90 Å². The highest BCUT2D eigenvalue weighted by atomic mass is 19.1. The summed E-state index contributed by atoms with van der Waals surface area (Å²) in [6.45, 7) is 0.856. The fourth-order valence-electron chi connectivity index (χ4n) is 5.46. The van der Waals surface area contributed by atoms with E-state index in [9.17, 15) is 14.7 Å². The van der Waals surface area contributed by atoms with E-state index >= 15 is 8.78 Å². The lowest BCUT2D eigenvalue weighted by Gasteiger charge is -2.36. The minimum Gasteiger partial charge on any atom is -0.477 e. The Morgan fingerprint density at radius 1 is 1.20 bits per heavy atom. The van der Waals surface area contributed by atoms with Crippen LogP contribution in [0.1, 0.15) is 61.3 Å². The number of nitrogens with two attached hydrogens (primary N) is 1. The van der Waals surface area contributed by atoms with Crippen molar-refractivity contribution >= 4 is 22.6 Å². The lowest BCUT2D eigenvalue weighted by molar-refractivity contribution is 0.0694. The molecule has 3 N–H and O–H groups in total. The van der Waals surface area contributed by atoms with Gasteiger partial charge in [0.15, 0.2) is 5.82 Å². The minimum absolute atomic E-state index is 0.0120. The van der Waals surface area contributed by atoms with Gasteiger partial charge in [-0.05, 0) is 31.7 Å². The Kier molecular flexibility index (Phi) is 4.39. The van der Waals surface area contributed by atoms with Crippen molar-refractivity contribution in [3.8, 4) is 0 Å². The second kappa shape index (κ2) is 6.77. The molecule has 1 aliphatic heterocycles. The topological polar surface area (TPSA) is 88.6 Å². The first-order chi connectivity index (χ1) is 14.3. The predicted molar refractivity (Wildman–Crippen MR) is 109 cm³/mol. The van der Waals surface area contributed by atoms with Crippen LogP contribution in [-0.4, -0.2) is 34.8 Å². The molecule has 5 rings (SSSR count). The number of carboxylic acids is 1. The quantitative estimate of drug-likeness (QED) is 0.799. The van der Waals surface area contributed by atoms with Crippen LogP contribution in [0.2, 0.25) is 0 Å². The number of aromatic nitrogens is 1. The summed E-state index contributed by atoms with van der Waals surface area (Å²) < 4.78 is 32.5. The third-order valence-electron chi connectivity index (χ3n) is 7.23. The first-order valence-electron chi connectivity index (χ1n) is 10.6. The van der Waals surface area contributed by atoms with Gasteiger partial charge < -0.3 is 20.3 Å². The van der Waals surface area contributed by atoms with Crippen molar-refractivity contribution in [1.82, 2.24) is 4.57 Å². The Balaban J connectivity index is 1.67. The van der Waals surface area contributed by atoms with Gasteiger partial charge in [0, 0.05) is 36.8 Å². The molecule has 2 heterocycles. The van der Waals surface area contributed by atoms with Gasteiger partial charge in [-0.15, -0.1) is 0 Å². The van der Waals surface area contributed by atoms with Gasteiger partial charge in [0.25, 0.3) is 0 Å². The van der Waals surface area contributed by atoms with E-state index in [4.69, 9.17) is 5.73 Å². The second-order valence-corrected chi connectivity index (χ2v) is 9.14. The van der Waals surface area contributed by atoms with Crippen molar-refractivity contribution in [3.63, 3.8) is 0 Å². The number of nitrogens with zero attached hydrogens (tertiary/aromatic N) is 2. The maximum Gasteiger partial charge on any atom is 0.341 e. The van der Waals surface area contributed by atoms with E-state index < -0.39 is 28.6 Å². The Hall–Kier alpha value is -2.48. The number of aromatic carboxylic acids is 1. The molecule has 0 radical (unpaired) electrons. The number of rotatable bonds is 3. The zero-order chi connectivity index (χ0) is 21.2. The molecule has 2 aromatic rings. The van der Waals surface area contributed by atoms with Gasteiger partial charge in [-0.1, -0.05) is 19.3 Å². The van der Waals surface area contributed by atoms with Gasteiger partial charge in [-0.3, -0.25) is 4.79 Å². The molecule has 3 aliphatic rings. The van der Waals surface area contributed by atoms with Gasteiger partial charge in [0.1, 0.15) is 17.1 Å². The molecule has 3 fully saturated rings. The average Bonchev–Trinajstić information content (AvgIpc) is 3.49. The van der Waals surface area contributed by atoms with Gasteiger partial charge in [-0.2, -0.15) is 0 Å². The summed E-state index contributed by atoms with van der Waals surface area (Å²) in [5.74, 6) is -3.04. The Bertz CT molecular complexity index is 1100. The molecule has 1 aromatic heterocycles. The molecule has 0 amide bonds. The van der Waals surface area contributed by atoms with Crippen LogP contribution in [0.4, 0.5) is 14.5 Å². The molecule has 0 bridgehead atoms. The first-order valence-corrected chi connectivity index (χ1v) is 10.6. The molecule has 1 atom stereocenters. The van der Waals surface area contributed by atoms with Crippen molar-refractivity contribution < 1.29 is 18.7 Å². The summed E-state index contributed by atoms with van der Waals surface area (Å²) in [5.41, 5.74) is 4.82. The largest absolute Gasteiger partial charge is 0.477 e. The average molecular weight is 417 g/mol. The molecule has 30 heavy (non-hydrogen) atoms. The first kappa shape index (κ1) is 19.5. The maximum atomic E-state index is 15.8. The minimum atomic E-state index is -1.40. The number of hydrogen-bond acceptors (Lipinski definition) is 4. The van der Waals surface area contributed by atoms with Crippen molar-refractivity contribution in [2.24, 2.45) is 11.1 Å². The van der Waals surface area contributed by atoms with Crippen LogP contribution in [0.5, 0.6) is 0 Å². The van der Waals surface area contributed by atoms with Crippen LogP contribution >= 0.6 is 0 Å². The van der Waals surface area contributed by atoms with Crippen LogP contribution in [0.3, 0.4) is 0 Å². The van der Waals surface area contributed by atoms with Gasteiger partial charge in [0.2, 0.25) is 5.43 Å². The molecule has 6 nitrogen and oxygen atoms in total. The second-order valence-electron chi connectivity index (χ2n) is 9.14. The smallest absolute Gasteiger partial charge is 0.341 e.